The van der Waals surface area contributed by atoms with Gasteiger partial charge in [-0.1, -0.05) is 12.1 Å². The van der Waals surface area contributed by atoms with Crippen LogP contribution >= 0.6 is 0 Å². The van der Waals surface area contributed by atoms with Gasteiger partial charge in [-0.25, -0.2) is 13.2 Å². The second kappa shape index (κ2) is 11.4. The lowest BCUT2D eigenvalue weighted by molar-refractivity contribution is -0.134. The Morgan fingerprint density at radius 1 is 1.35 bits per heavy atom. The van der Waals surface area contributed by atoms with Gasteiger partial charge in [-0.2, -0.15) is 0 Å². The molecular weight excluding hydrogens is 502 g/mol. The number of sulfonamides is 1. The normalized spacial score (nSPS) is 19.1. The van der Waals surface area contributed by atoms with Gasteiger partial charge >= 0.3 is 6.03 Å². The van der Waals surface area contributed by atoms with Crippen LogP contribution in [0.15, 0.2) is 22.7 Å². The Morgan fingerprint density at radius 2 is 2.05 bits per heavy atom. The molecule has 12 nitrogen and oxygen atoms in total. The second-order valence-corrected chi connectivity index (χ2v) is 11.3. The number of aliphatic hydroxyl groups excluding tert-OH is 1. The highest BCUT2D eigenvalue weighted by molar-refractivity contribution is 7.92. The molecule has 3 amide bonds. The largest absolute Gasteiger partial charge is 0.488 e. The van der Waals surface area contributed by atoms with Crippen LogP contribution in [0.4, 0.5) is 16.2 Å². The highest BCUT2D eigenvalue weighted by atomic mass is 32.2. The summed E-state index contributed by atoms with van der Waals surface area (Å²) in [4.78, 5) is 29.2. The highest BCUT2D eigenvalue weighted by Crippen LogP contribution is 2.29. The number of nitrogens with one attached hydrogen (secondary N) is 2. The average Bonchev–Trinajstić information content (AvgIpc) is 3.14. The molecule has 37 heavy (non-hydrogen) atoms. The summed E-state index contributed by atoms with van der Waals surface area (Å²) in [5, 5.41) is 16.4. The Bertz CT molecular complexity index is 1230. The zero-order valence-electron chi connectivity index (χ0n) is 21.9. The first kappa shape index (κ1) is 28.3. The van der Waals surface area contributed by atoms with Crippen LogP contribution in [0.25, 0.3) is 0 Å². The van der Waals surface area contributed by atoms with Crippen molar-refractivity contribution in [2.24, 2.45) is 5.92 Å². The summed E-state index contributed by atoms with van der Waals surface area (Å²) < 4.78 is 37.3. The van der Waals surface area contributed by atoms with Crippen molar-refractivity contribution in [2.75, 3.05) is 43.0 Å². The average molecular weight is 538 g/mol. The molecule has 2 aromatic rings. The lowest BCUT2D eigenvalue weighted by Crippen LogP contribution is -2.48. The first-order chi connectivity index (χ1) is 17.3. The minimum atomic E-state index is -3.52. The number of aromatic nitrogens is 1. The zero-order valence-corrected chi connectivity index (χ0v) is 22.8. The van der Waals surface area contributed by atoms with Crippen molar-refractivity contribution in [2.45, 2.75) is 46.3 Å². The van der Waals surface area contributed by atoms with Gasteiger partial charge in [0.25, 0.3) is 0 Å². The molecule has 3 rings (SSSR count). The molecule has 3 N–H and O–H groups in total. The van der Waals surface area contributed by atoms with Crippen molar-refractivity contribution in [1.82, 2.24) is 15.0 Å². The number of aliphatic hydroxyl groups is 1. The summed E-state index contributed by atoms with van der Waals surface area (Å²) in [6.45, 7) is 7.38. The number of hydrogen-bond acceptors (Lipinski definition) is 8. The lowest BCUT2D eigenvalue weighted by Gasteiger charge is -2.34. The van der Waals surface area contributed by atoms with Crippen LogP contribution in [-0.2, 0) is 21.2 Å². The molecule has 1 aliphatic heterocycles. The molecule has 0 aliphatic carbocycles. The van der Waals surface area contributed by atoms with Crippen molar-refractivity contribution >= 4 is 33.3 Å². The number of benzene rings is 1. The number of ether oxygens (including phenoxy) is 1. The molecule has 13 heteroatoms. The van der Waals surface area contributed by atoms with Gasteiger partial charge < -0.3 is 29.5 Å². The van der Waals surface area contributed by atoms with Crippen molar-refractivity contribution < 1.29 is 32.4 Å². The SMILES string of the molecule is Cc1noc(C)c1NC(=O)N(C)C[C@H]1Oc2ccc(NS(C)(=O)=O)cc2CC(=O)N([C@H](C)CO)C[C@H]1C. The number of urea groups is 1. The van der Waals surface area contributed by atoms with Crippen LogP contribution in [0.3, 0.4) is 0 Å². The van der Waals surface area contributed by atoms with E-state index in [0.717, 1.165) is 6.26 Å². The Labute approximate surface area is 217 Å². The molecule has 204 valence electrons. The van der Waals surface area contributed by atoms with Gasteiger partial charge in [-0.3, -0.25) is 9.52 Å². The Morgan fingerprint density at radius 3 is 2.65 bits per heavy atom. The number of likely N-dealkylation sites (N-methyl/N-ethyl adjacent to an activating group) is 1. The number of rotatable bonds is 7. The van der Waals surface area contributed by atoms with Gasteiger partial charge in [-0.15, -0.1) is 0 Å². The number of carbonyl (C=O) groups excluding carboxylic acids is 2. The zero-order chi connectivity index (χ0) is 27.5. The molecular formula is C24H35N5O7S. The third-order valence-corrected chi connectivity index (χ3v) is 6.89. The predicted octanol–water partition coefficient (Wildman–Crippen LogP) is 1.98. The highest BCUT2D eigenvalue weighted by Gasteiger charge is 2.32. The van der Waals surface area contributed by atoms with E-state index in [4.69, 9.17) is 9.26 Å². The van der Waals surface area contributed by atoms with Crippen LogP contribution in [0, 0.1) is 19.8 Å². The van der Waals surface area contributed by atoms with Gasteiger partial charge in [0.2, 0.25) is 15.9 Å². The molecule has 2 heterocycles. The maximum absolute atomic E-state index is 13.2. The maximum Gasteiger partial charge on any atom is 0.321 e. The smallest absolute Gasteiger partial charge is 0.321 e. The number of nitrogens with zero attached hydrogens (tertiary/aromatic N) is 3. The third-order valence-electron chi connectivity index (χ3n) is 6.29. The molecule has 0 unspecified atom stereocenters. The number of carbonyl (C=O) groups is 2. The van der Waals surface area contributed by atoms with Gasteiger partial charge in [0.05, 0.1) is 31.9 Å². The number of aryl methyl sites for hydroxylation is 2. The van der Waals surface area contributed by atoms with E-state index in [1.54, 1.807) is 50.9 Å². The van der Waals surface area contributed by atoms with Crippen molar-refractivity contribution in [3.05, 3.63) is 35.2 Å². The summed E-state index contributed by atoms with van der Waals surface area (Å²) in [6, 6.07) is 3.93. The molecule has 0 radical (unpaired) electrons. The molecule has 3 atom stereocenters. The van der Waals surface area contributed by atoms with Crippen LogP contribution in [0.1, 0.15) is 30.9 Å². The van der Waals surface area contributed by atoms with E-state index in [-0.39, 0.29) is 37.4 Å². The Balaban J connectivity index is 1.91. The van der Waals surface area contributed by atoms with E-state index in [2.05, 4.69) is 15.2 Å². The number of amides is 3. The molecule has 1 aromatic carbocycles. The summed E-state index contributed by atoms with van der Waals surface area (Å²) in [5.74, 6) is 0.472. The monoisotopic (exact) mass is 537 g/mol. The number of hydrogen-bond donors (Lipinski definition) is 3. The molecule has 0 saturated heterocycles. The van der Waals surface area contributed by atoms with Gasteiger partial charge in [-0.05, 0) is 39.0 Å². The summed E-state index contributed by atoms with van der Waals surface area (Å²) in [7, 11) is -1.89. The minimum absolute atomic E-state index is 0.0409. The van der Waals surface area contributed by atoms with Crippen molar-refractivity contribution in [3.8, 4) is 5.75 Å². The number of anilines is 2. The Hall–Kier alpha value is -3.32. The first-order valence-corrected chi connectivity index (χ1v) is 13.8. The molecule has 0 saturated carbocycles. The standard InChI is InChI=1S/C24H35N5O7S/c1-14-11-29(15(2)13-30)22(31)10-18-9-19(27-37(6,33)34)7-8-20(18)35-21(14)12-28(5)24(32)25-23-16(3)26-36-17(23)4/h7-9,14-15,21,27,30H,10-13H2,1-6H3,(H,25,32)/t14-,15-,21-/m1/s1. The summed E-state index contributed by atoms with van der Waals surface area (Å²) >= 11 is 0. The van der Waals surface area contributed by atoms with Crippen LogP contribution in [0.5, 0.6) is 5.75 Å². The molecule has 1 aromatic heterocycles. The van der Waals surface area contributed by atoms with Crippen LogP contribution < -0.4 is 14.8 Å². The minimum Gasteiger partial charge on any atom is -0.488 e. The van der Waals surface area contributed by atoms with Gasteiger partial charge in [0, 0.05) is 30.8 Å². The summed E-state index contributed by atoms with van der Waals surface area (Å²) in [6.07, 6.45) is 0.482. The summed E-state index contributed by atoms with van der Waals surface area (Å²) in [5.41, 5.74) is 1.87. The molecule has 0 bridgehead atoms. The number of fused-ring (bicyclic) bond motifs is 1. The van der Waals surface area contributed by atoms with E-state index in [0.29, 0.717) is 40.7 Å². The van der Waals surface area contributed by atoms with Crippen LogP contribution in [-0.4, -0.2) is 85.6 Å². The van der Waals surface area contributed by atoms with E-state index >= 15 is 0 Å². The molecule has 0 fully saturated rings. The van der Waals surface area contributed by atoms with Crippen molar-refractivity contribution in [3.63, 3.8) is 0 Å². The van der Waals surface area contributed by atoms with E-state index in [9.17, 15) is 23.1 Å². The van der Waals surface area contributed by atoms with Crippen molar-refractivity contribution in [1.29, 1.82) is 0 Å². The Kier molecular flexibility index (Phi) is 8.69. The first-order valence-electron chi connectivity index (χ1n) is 11.9. The second-order valence-electron chi connectivity index (χ2n) is 9.59. The fourth-order valence-electron chi connectivity index (χ4n) is 4.14. The maximum atomic E-state index is 13.2. The fourth-order valence-corrected chi connectivity index (χ4v) is 4.70. The van der Waals surface area contributed by atoms with Gasteiger partial charge in [0.15, 0.2) is 5.76 Å². The topological polar surface area (TPSA) is 154 Å². The molecule has 1 aliphatic rings. The van der Waals surface area contributed by atoms with E-state index in [1.807, 2.05) is 6.92 Å². The quantitative estimate of drug-likeness (QED) is 0.484. The third kappa shape index (κ3) is 7.13. The van der Waals surface area contributed by atoms with Gasteiger partial charge in [0.1, 0.15) is 23.2 Å². The van der Waals surface area contributed by atoms with E-state index in [1.165, 1.54) is 4.90 Å². The van der Waals surface area contributed by atoms with E-state index < -0.39 is 22.2 Å². The predicted molar refractivity (Wildman–Crippen MR) is 138 cm³/mol. The fraction of sp³-hybridized carbons (Fsp3) is 0.542. The molecule has 0 spiro atoms. The van der Waals surface area contributed by atoms with Crippen LogP contribution in [0.2, 0.25) is 0 Å². The lowest BCUT2D eigenvalue weighted by atomic mass is 10.0.